The molecule has 0 heterocycles. The smallest absolute Gasteiger partial charge is 0.127 e. The fourth-order valence-corrected chi connectivity index (χ4v) is 2.41. The zero-order chi connectivity index (χ0) is 14.3. The first-order valence-electron chi connectivity index (χ1n) is 6.91. The summed E-state index contributed by atoms with van der Waals surface area (Å²) in [5.74, 6) is -0.248. The highest BCUT2D eigenvalue weighted by Gasteiger charge is 2.21. The number of halogens is 2. The van der Waals surface area contributed by atoms with Gasteiger partial charge in [0, 0.05) is 17.7 Å². The van der Waals surface area contributed by atoms with Crippen molar-refractivity contribution in [1.29, 1.82) is 0 Å². The van der Waals surface area contributed by atoms with Gasteiger partial charge < -0.3 is 10.1 Å². The molecule has 2 nitrogen and oxygen atoms in total. The molecule has 0 bridgehead atoms. The second-order valence-electron chi connectivity index (χ2n) is 4.51. The van der Waals surface area contributed by atoms with Crippen molar-refractivity contribution >= 4 is 11.6 Å². The Hall–Kier alpha value is -0.640. The van der Waals surface area contributed by atoms with Crippen LogP contribution in [0.15, 0.2) is 18.2 Å². The molecule has 0 saturated carbocycles. The molecule has 0 fully saturated rings. The standard InChI is InChI=1S/C15H23ClFNO/c1-4-15(19-6-3)14(18-5-2)9-11-7-8-12(16)10-13(11)17/h7-8,10,14-15,18H,4-6,9H2,1-3H3. The van der Waals surface area contributed by atoms with Gasteiger partial charge in [0.05, 0.1) is 6.10 Å². The lowest BCUT2D eigenvalue weighted by molar-refractivity contribution is 0.0321. The Labute approximate surface area is 120 Å². The maximum Gasteiger partial charge on any atom is 0.127 e. The Morgan fingerprint density at radius 3 is 2.58 bits per heavy atom. The van der Waals surface area contributed by atoms with E-state index in [-0.39, 0.29) is 18.0 Å². The van der Waals surface area contributed by atoms with Crippen molar-refractivity contribution in [3.05, 3.63) is 34.6 Å². The topological polar surface area (TPSA) is 21.3 Å². The average molecular weight is 288 g/mol. The molecule has 0 aliphatic heterocycles. The van der Waals surface area contributed by atoms with Gasteiger partial charge in [0.25, 0.3) is 0 Å². The molecule has 0 aromatic heterocycles. The fraction of sp³-hybridized carbons (Fsp3) is 0.600. The third-order valence-corrected chi connectivity index (χ3v) is 3.39. The molecule has 2 atom stereocenters. The van der Waals surface area contributed by atoms with E-state index < -0.39 is 0 Å². The molecule has 4 heteroatoms. The lowest BCUT2D eigenvalue weighted by Crippen LogP contribution is -2.43. The van der Waals surface area contributed by atoms with E-state index in [2.05, 4.69) is 12.2 Å². The van der Waals surface area contributed by atoms with Gasteiger partial charge in [-0.3, -0.25) is 0 Å². The molecule has 19 heavy (non-hydrogen) atoms. The van der Waals surface area contributed by atoms with Crippen molar-refractivity contribution in [2.45, 2.75) is 45.8 Å². The summed E-state index contributed by atoms with van der Waals surface area (Å²) in [6.07, 6.45) is 1.61. The minimum absolute atomic E-state index is 0.0972. The molecule has 108 valence electrons. The van der Waals surface area contributed by atoms with Crippen molar-refractivity contribution in [3.63, 3.8) is 0 Å². The first-order chi connectivity index (χ1) is 9.12. The van der Waals surface area contributed by atoms with Crippen LogP contribution in [0, 0.1) is 5.82 Å². The number of rotatable bonds is 8. The summed E-state index contributed by atoms with van der Waals surface area (Å²) in [4.78, 5) is 0. The van der Waals surface area contributed by atoms with Crippen molar-refractivity contribution in [2.24, 2.45) is 0 Å². The van der Waals surface area contributed by atoms with E-state index in [1.165, 1.54) is 6.07 Å². The Balaban J connectivity index is 2.81. The zero-order valence-corrected chi connectivity index (χ0v) is 12.6. The molecule has 1 aromatic rings. The quantitative estimate of drug-likeness (QED) is 0.785. The maximum atomic E-state index is 13.9. The lowest BCUT2D eigenvalue weighted by Gasteiger charge is -2.27. The average Bonchev–Trinajstić information content (AvgIpc) is 2.38. The van der Waals surface area contributed by atoms with Gasteiger partial charge in [-0.2, -0.15) is 0 Å². The van der Waals surface area contributed by atoms with Crippen LogP contribution in [0.2, 0.25) is 5.02 Å². The summed E-state index contributed by atoms with van der Waals surface area (Å²) in [6, 6.07) is 4.96. The first-order valence-corrected chi connectivity index (χ1v) is 7.29. The number of hydrogen-bond donors (Lipinski definition) is 1. The Morgan fingerprint density at radius 1 is 1.32 bits per heavy atom. The molecule has 1 aromatic carbocycles. The molecule has 0 saturated heterocycles. The highest BCUT2D eigenvalue weighted by Crippen LogP contribution is 2.18. The summed E-state index contributed by atoms with van der Waals surface area (Å²) >= 11 is 5.77. The van der Waals surface area contributed by atoms with Gasteiger partial charge in [0.2, 0.25) is 0 Å². The van der Waals surface area contributed by atoms with Crippen molar-refractivity contribution < 1.29 is 9.13 Å². The van der Waals surface area contributed by atoms with Crippen LogP contribution in [0.1, 0.15) is 32.8 Å². The maximum absolute atomic E-state index is 13.9. The predicted octanol–water partition coefficient (Wildman–Crippen LogP) is 3.81. The molecular weight excluding hydrogens is 265 g/mol. The molecule has 0 spiro atoms. The number of hydrogen-bond acceptors (Lipinski definition) is 2. The summed E-state index contributed by atoms with van der Waals surface area (Å²) < 4.78 is 19.6. The van der Waals surface area contributed by atoms with E-state index in [4.69, 9.17) is 16.3 Å². The summed E-state index contributed by atoms with van der Waals surface area (Å²) in [5, 5.41) is 3.81. The highest BCUT2D eigenvalue weighted by molar-refractivity contribution is 6.30. The largest absolute Gasteiger partial charge is 0.377 e. The number of nitrogens with one attached hydrogen (secondary N) is 1. The van der Waals surface area contributed by atoms with Gasteiger partial charge in [-0.25, -0.2) is 4.39 Å². The van der Waals surface area contributed by atoms with Gasteiger partial charge in [-0.05, 0) is 44.0 Å². The minimum Gasteiger partial charge on any atom is -0.377 e. The van der Waals surface area contributed by atoms with Crippen LogP contribution in [0.3, 0.4) is 0 Å². The first kappa shape index (κ1) is 16.4. The van der Waals surface area contributed by atoms with E-state index in [0.717, 1.165) is 13.0 Å². The van der Waals surface area contributed by atoms with E-state index in [1.54, 1.807) is 12.1 Å². The molecule has 1 rings (SSSR count). The van der Waals surface area contributed by atoms with Crippen molar-refractivity contribution in [2.75, 3.05) is 13.2 Å². The van der Waals surface area contributed by atoms with Gasteiger partial charge in [-0.1, -0.05) is 31.5 Å². The number of likely N-dealkylation sites (N-methyl/N-ethyl adjacent to an activating group) is 1. The van der Waals surface area contributed by atoms with E-state index >= 15 is 0 Å². The van der Waals surface area contributed by atoms with Gasteiger partial charge in [0.15, 0.2) is 0 Å². The third kappa shape index (κ3) is 5.09. The number of benzene rings is 1. The van der Waals surface area contributed by atoms with Crippen LogP contribution < -0.4 is 5.32 Å². The molecular formula is C15H23ClFNO. The second kappa shape index (κ2) is 8.51. The van der Waals surface area contributed by atoms with Crippen LogP contribution in [0.4, 0.5) is 4.39 Å². The fourth-order valence-electron chi connectivity index (χ4n) is 2.25. The van der Waals surface area contributed by atoms with Crippen LogP contribution in [0.5, 0.6) is 0 Å². The van der Waals surface area contributed by atoms with Crippen molar-refractivity contribution in [3.8, 4) is 0 Å². The second-order valence-corrected chi connectivity index (χ2v) is 4.94. The van der Waals surface area contributed by atoms with Gasteiger partial charge >= 0.3 is 0 Å². The van der Waals surface area contributed by atoms with Crippen LogP contribution in [-0.2, 0) is 11.2 Å². The molecule has 0 aliphatic rings. The van der Waals surface area contributed by atoms with Gasteiger partial charge in [0.1, 0.15) is 5.82 Å². The summed E-state index contributed by atoms with van der Waals surface area (Å²) in [6.45, 7) is 7.62. The zero-order valence-electron chi connectivity index (χ0n) is 11.9. The SMILES string of the molecule is CCNC(Cc1ccc(Cl)cc1F)C(CC)OCC. The molecule has 1 N–H and O–H groups in total. The van der Waals surface area contributed by atoms with Crippen molar-refractivity contribution in [1.82, 2.24) is 5.32 Å². The normalized spacial score (nSPS) is 14.4. The number of ether oxygens (including phenoxy) is 1. The summed E-state index contributed by atoms with van der Waals surface area (Å²) in [7, 11) is 0. The van der Waals surface area contributed by atoms with Crippen LogP contribution in [0.25, 0.3) is 0 Å². The summed E-state index contributed by atoms with van der Waals surface area (Å²) in [5.41, 5.74) is 0.675. The molecule has 0 aliphatic carbocycles. The Bertz CT molecular complexity index is 386. The van der Waals surface area contributed by atoms with E-state index in [9.17, 15) is 4.39 Å². The monoisotopic (exact) mass is 287 g/mol. The molecule has 0 amide bonds. The van der Waals surface area contributed by atoms with E-state index in [1.807, 2.05) is 13.8 Å². The minimum atomic E-state index is -0.248. The van der Waals surface area contributed by atoms with Crippen LogP contribution >= 0.6 is 11.6 Å². The third-order valence-electron chi connectivity index (χ3n) is 3.15. The van der Waals surface area contributed by atoms with Gasteiger partial charge in [-0.15, -0.1) is 0 Å². The highest BCUT2D eigenvalue weighted by atomic mass is 35.5. The Morgan fingerprint density at radius 2 is 2.05 bits per heavy atom. The van der Waals surface area contributed by atoms with E-state index in [0.29, 0.717) is 23.6 Å². The Kier molecular flexibility index (Phi) is 7.36. The predicted molar refractivity (Wildman–Crippen MR) is 78.3 cm³/mol. The molecule has 2 unspecified atom stereocenters. The van der Waals surface area contributed by atoms with Crippen LogP contribution in [-0.4, -0.2) is 25.3 Å². The molecule has 0 radical (unpaired) electrons. The lowest BCUT2D eigenvalue weighted by atomic mass is 9.99.